The molecule has 0 saturated carbocycles. The zero-order valence-electron chi connectivity index (χ0n) is 15.1. The summed E-state index contributed by atoms with van der Waals surface area (Å²) in [7, 11) is -8.44. The molecule has 2 atom stereocenters. The zero-order valence-corrected chi connectivity index (χ0v) is 16.7. The quantitative estimate of drug-likeness (QED) is 0.684. The number of sulfone groups is 2. The van der Waals surface area contributed by atoms with Gasteiger partial charge < -0.3 is 0 Å². The molecule has 30 heavy (non-hydrogen) atoms. The van der Waals surface area contributed by atoms with Crippen LogP contribution in [0.5, 0.6) is 0 Å². The average Bonchev–Trinajstić information content (AvgIpc) is 3.00. The van der Waals surface area contributed by atoms with Gasteiger partial charge >= 0.3 is 0 Å². The lowest BCUT2D eigenvalue weighted by Gasteiger charge is -2.35. The van der Waals surface area contributed by atoms with Gasteiger partial charge in [-0.2, -0.15) is 0 Å². The predicted molar refractivity (Wildman–Crippen MR) is 99.5 cm³/mol. The van der Waals surface area contributed by atoms with Crippen molar-refractivity contribution in [2.45, 2.75) is 10.7 Å². The molecule has 2 unspecified atom stereocenters. The molecule has 2 fully saturated rings. The number of halogens is 2. The molecule has 4 rings (SSSR count). The summed E-state index contributed by atoms with van der Waals surface area (Å²) in [5.74, 6) is -5.62. The highest BCUT2D eigenvalue weighted by atomic mass is 32.2. The molecule has 0 spiro atoms. The summed E-state index contributed by atoms with van der Waals surface area (Å²) in [6.07, 6.45) is 0. The van der Waals surface area contributed by atoms with Gasteiger partial charge in [-0.25, -0.2) is 35.6 Å². The van der Waals surface area contributed by atoms with Crippen molar-refractivity contribution in [2.75, 3.05) is 11.5 Å². The van der Waals surface area contributed by atoms with Gasteiger partial charge in [-0.15, -0.1) is 0 Å². The third-order valence-electron chi connectivity index (χ3n) is 4.78. The number of carbonyl (C=O) groups is 2. The first-order chi connectivity index (χ1) is 14.0. The Bertz CT molecular complexity index is 1180. The minimum atomic E-state index is -4.22. The van der Waals surface area contributed by atoms with Gasteiger partial charge in [-0.1, -0.05) is 24.3 Å². The summed E-state index contributed by atoms with van der Waals surface area (Å²) in [6.45, 7) is 0. The van der Waals surface area contributed by atoms with Crippen molar-refractivity contribution in [1.29, 1.82) is 0 Å². The number of rotatable bonds is 3. The molecule has 0 N–H and O–H groups in total. The first kappa shape index (κ1) is 20.4. The van der Waals surface area contributed by atoms with E-state index >= 15 is 0 Å². The fourth-order valence-electron chi connectivity index (χ4n) is 3.68. The Balaban J connectivity index is 1.90. The van der Waals surface area contributed by atoms with Crippen molar-refractivity contribution in [1.82, 2.24) is 10.0 Å². The summed E-state index contributed by atoms with van der Waals surface area (Å²) in [5.41, 5.74) is -0.285. The third kappa shape index (κ3) is 3.25. The van der Waals surface area contributed by atoms with Gasteiger partial charge in [0.2, 0.25) is 0 Å². The normalized spacial score (nSPS) is 25.1. The fourth-order valence-corrected chi connectivity index (χ4v) is 7.12. The van der Waals surface area contributed by atoms with Crippen molar-refractivity contribution >= 4 is 31.5 Å². The van der Waals surface area contributed by atoms with Crippen molar-refractivity contribution in [3.63, 3.8) is 0 Å². The van der Waals surface area contributed by atoms with E-state index in [0.29, 0.717) is 10.0 Å². The van der Waals surface area contributed by atoms with Gasteiger partial charge in [0.15, 0.2) is 30.4 Å². The Kier molecular flexibility index (Phi) is 4.66. The monoisotopic (exact) mass is 456 g/mol. The topological polar surface area (TPSA) is 109 Å². The first-order valence-corrected chi connectivity index (χ1v) is 12.0. The number of hydrogen-bond acceptors (Lipinski definition) is 6. The van der Waals surface area contributed by atoms with E-state index in [1.807, 2.05) is 0 Å². The summed E-state index contributed by atoms with van der Waals surface area (Å²) >= 11 is 0. The number of hydrogen-bond donors (Lipinski definition) is 0. The molecule has 12 heteroatoms. The molecule has 158 valence electrons. The van der Waals surface area contributed by atoms with Gasteiger partial charge in [0.05, 0.1) is 0 Å². The lowest BCUT2D eigenvalue weighted by Crippen LogP contribution is -2.48. The second kappa shape index (κ2) is 6.84. The molecular formula is C18H14F2N2O6S2. The molecule has 0 aromatic heterocycles. The van der Waals surface area contributed by atoms with E-state index in [-0.39, 0.29) is 11.1 Å². The van der Waals surface area contributed by atoms with Crippen LogP contribution in [0.15, 0.2) is 48.5 Å². The Morgan fingerprint density at radius 2 is 1.07 bits per heavy atom. The average molecular weight is 456 g/mol. The maximum Gasteiger partial charge on any atom is 0.258 e. The largest absolute Gasteiger partial charge is 0.272 e. The lowest BCUT2D eigenvalue weighted by atomic mass is 10.2. The summed E-state index contributed by atoms with van der Waals surface area (Å²) in [4.78, 5) is 25.3. The number of amides is 2. The van der Waals surface area contributed by atoms with E-state index in [2.05, 4.69) is 0 Å². The van der Waals surface area contributed by atoms with Gasteiger partial charge in [0.25, 0.3) is 11.8 Å². The number of nitrogens with zero attached hydrogens (tertiary/aromatic N) is 2. The molecule has 2 saturated heterocycles. The van der Waals surface area contributed by atoms with Crippen LogP contribution in [0.2, 0.25) is 0 Å². The van der Waals surface area contributed by atoms with Crippen LogP contribution >= 0.6 is 0 Å². The van der Waals surface area contributed by atoms with E-state index in [1.54, 1.807) is 0 Å². The summed E-state index contributed by atoms with van der Waals surface area (Å²) in [6, 6.07) is 8.88. The van der Waals surface area contributed by atoms with Crippen LogP contribution in [0.1, 0.15) is 21.9 Å². The predicted octanol–water partition coefficient (Wildman–Crippen LogP) is 1.09. The standard InChI is InChI=1S/C18H14F2N2O6S2/c19-13-5-1-3-11(7-13)17-21(15(23)9-29(17,25)26)22-16(24)10-30(27,28)18(22)12-4-2-6-14(20)8-12/h1-8,17-18H,9-10H2. The zero-order chi connectivity index (χ0) is 21.8. The highest BCUT2D eigenvalue weighted by molar-refractivity contribution is 7.93. The molecule has 0 radical (unpaired) electrons. The second-order valence-corrected chi connectivity index (χ2v) is 11.0. The van der Waals surface area contributed by atoms with E-state index in [1.165, 1.54) is 24.3 Å². The second-order valence-electron chi connectivity index (χ2n) is 6.91. The molecule has 8 nitrogen and oxygen atoms in total. The Morgan fingerprint density at radius 3 is 1.40 bits per heavy atom. The van der Waals surface area contributed by atoms with Crippen molar-refractivity contribution in [3.05, 3.63) is 71.3 Å². The summed E-state index contributed by atoms with van der Waals surface area (Å²) < 4.78 is 78.2. The Hall–Kier alpha value is -2.86. The van der Waals surface area contributed by atoms with Gasteiger partial charge in [-0.05, 0) is 35.4 Å². The summed E-state index contributed by atoms with van der Waals surface area (Å²) in [5, 5.41) is -2.53. The Morgan fingerprint density at radius 1 is 0.700 bits per heavy atom. The van der Waals surface area contributed by atoms with Gasteiger partial charge in [-0.3, -0.25) is 9.59 Å². The van der Waals surface area contributed by atoms with Gasteiger partial charge in [0, 0.05) is 0 Å². The van der Waals surface area contributed by atoms with E-state index in [9.17, 15) is 35.2 Å². The van der Waals surface area contributed by atoms with E-state index in [0.717, 1.165) is 24.3 Å². The van der Waals surface area contributed by atoms with E-state index < -0.39 is 65.4 Å². The minimum absolute atomic E-state index is 0.143. The van der Waals surface area contributed by atoms with Crippen molar-refractivity contribution in [2.24, 2.45) is 0 Å². The van der Waals surface area contributed by atoms with Gasteiger partial charge in [0.1, 0.15) is 23.1 Å². The van der Waals surface area contributed by atoms with Crippen molar-refractivity contribution < 1.29 is 35.2 Å². The highest BCUT2D eigenvalue weighted by Crippen LogP contribution is 2.42. The van der Waals surface area contributed by atoms with Crippen LogP contribution in [0.25, 0.3) is 0 Å². The van der Waals surface area contributed by atoms with Crippen LogP contribution in [-0.2, 0) is 29.3 Å². The smallest absolute Gasteiger partial charge is 0.258 e. The minimum Gasteiger partial charge on any atom is -0.272 e. The first-order valence-electron chi connectivity index (χ1n) is 8.59. The molecule has 2 aliphatic heterocycles. The SMILES string of the molecule is O=C1CS(=O)(=O)C(c2cccc(F)c2)N1N1C(=O)CS(=O)(=O)C1c1cccc(F)c1. The molecule has 2 heterocycles. The number of carbonyl (C=O) groups excluding carboxylic acids is 2. The molecule has 2 aliphatic rings. The maximum atomic E-state index is 13.7. The molecule has 0 bridgehead atoms. The Labute approximate surface area is 170 Å². The molecule has 2 aromatic rings. The number of benzene rings is 2. The lowest BCUT2D eigenvalue weighted by molar-refractivity contribution is -0.161. The molecule has 2 aromatic carbocycles. The van der Waals surface area contributed by atoms with Crippen LogP contribution in [0.4, 0.5) is 8.78 Å². The fraction of sp³-hybridized carbons (Fsp3) is 0.222. The molecule has 0 aliphatic carbocycles. The van der Waals surface area contributed by atoms with Crippen LogP contribution in [-0.4, -0.2) is 50.2 Å². The molecular weight excluding hydrogens is 442 g/mol. The van der Waals surface area contributed by atoms with E-state index in [4.69, 9.17) is 0 Å². The number of hydrazine groups is 1. The van der Waals surface area contributed by atoms with Crippen LogP contribution < -0.4 is 0 Å². The van der Waals surface area contributed by atoms with Crippen LogP contribution in [0, 0.1) is 11.6 Å². The third-order valence-corrected chi connectivity index (χ3v) is 8.39. The van der Waals surface area contributed by atoms with Crippen molar-refractivity contribution in [3.8, 4) is 0 Å². The molecule has 2 amide bonds. The maximum absolute atomic E-state index is 13.7. The highest BCUT2D eigenvalue weighted by Gasteiger charge is 2.56. The van der Waals surface area contributed by atoms with Crippen LogP contribution in [0.3, 0.4) is 0 Å².